The molecule has 1 aliphatic carbocycles. The van der Waals surface area contributed by atoms with Crippen LogP contribution in [0.15, 0.2) is 59.6 Å². The van der Waals surface area contributed by atoms with Gasteiger partial charge in [0.15, 0.2) is 5.96 Å². The van der Waals surface area contributed by atoms with Gasteiger partial charge in [0, 0.05) is 18.0 Å². The first-order chi connectivity index (χ1) is 22.6. The second kappa shape index (κ2) is 18.9. The van der Waals surface area contributed by atoms with Gasteiger partial charge in [0.25, 0.3) is 0 Å². The highest BCUT2D eigenvalue weighted by Crippen LogP contribution is 2.33. The monoisotopic (exact) mass is 676 g/mol. The predicted molar refractivity (Wildman–Crippen MR) is 173 cm³/mol. The minimum Gasteiger partial charge on any atom is -0.475 e. The van der Waals surface area contributed by atoms with E-state index in [9.17, 15) is 27.6 Å². The standard InChI is InChI=1S/C30H42N8O3.C2HF3O2/c31-26(32)22-15-13-19(14-16-22)18-23(20-8-3-1-4-9-20)28(40)38-25(21-10-5-2-6-11-21)29(41)37-24(27(33)39)12-7-17-36-30(34)35;3-2(4,5)1(6)7/h2,5-6,10-11,13-16,20,23-25H,1,3-4,7-9,12,17-18H2,(H3,31,32)(H2,33,39)(H,37,41)(H,38,40)(H4,34,35,36);(H,6,7)/t23-,24?,25-;/m0./s1. The van der Waals surface area contributed by atoms with Gasteiger partial charge in [0.2, 0.25) is 17.7 Å². The Kier molecular flexibility index (Phi) is 15.3. The van der Waals surface area contributed by atoms with Crippen LogP contribution in [0, 0.1) is 17.2 Å². The number of nitrogens with zero attached hydrogens (tertiary/aromatic N) is 1. The SMILES string of the molecule is N=C(N)c1ccc(C[C@H](C(=O)N[C@H](C(=O)NC(CCCN=C(N)N)C(N)=O)c2ccccc2)C2CCCCC2)cc1.O=C(O)C(F)(F)F. The summed E-state index contributed by atoms with van der Waals surface area (Å²) in [6.45, 7) is 0.289. The Bertz CT molecular complexity index is 1410. The van der Waals surface area contributed by atoms with Crippen LogP contribution in [0.1, 0.15) is 67.7 Å². The number of nitrogens with two attached hydrogens (primary N) is 4. The predicted octanol–water partition coefficient (Wildman–Crippen LogP) is 2.22. The number of nitrogen functional groups attached to an aromatic ring is 1. The van der Waals surface area contributed by atoms with Gasteiger partial charge in [-0.05, 0) is 49.1 Å². The van der Waals surface area contributed by atoms with E-state index in [1.54, 1.807) is 36.4 Å². The number of hydrogen-bond donors (Lipinski definition) is 8. The fourth-order valence-electron chi connectivity index (χ4n) is 5.32. The molecule has 1 saturated carbocycles. The lowest BCUT2D eigenvalue weighted by molar-refractivity contribution is -0.192. The van der Waals surface area contributed by atoms with Crippen LogP contribution in [-0.2, 0) is 25.6 Å². The first-order valence-electron chi connectivity index (χ1n) is 15.3. The quantitative estimate of drug-likeness (QED) is 0.0834. The molecule has 0 saturated heterocycles. The van der Waals surface area contributed by atoms with Gasteiger partial charge in [-0.2, -0.15) is 13.2 Å². The Morgan fingerprint density at radius 1 is 0.896 bits per heavy atom. The van der Waals surface area contributed by atoms with Crippen LogP contribution in [-0.4, -0.2) is 59.4 Å². The molecule has 1 fully saturated rings. The Morgan fingerprint density at radius 3 is 1.98 bits per heavy atom. The van der Waals surface area contributed by atoms with Crippen LogP contribution >= 0.6 is 0 Å². The van der Waals surface area contributed by atoms with Crippen LogP contribution in [0.5, 0.6) is 0 Å². The molecule has 2 aromatic carbocycles. The minimum absolute atomic E-state index is 0.0136. The lowest BCUT2D eigenvalue weighted by Crippen LogP contribution is -2.50. The van der Waals surface area contributed by atoms with Crippen molar-refractivity contribution in [1.82, 2.24) is 10.6 Å². The molecule has 0 aromatic heterocycles. The smallest absolute Gasteiger partial charge is 0.475 e. The van der Waals surface area contributed by atoms with Gasteiger partial charge in [-0.1, -0.05) is 73.9 Å². The Labute approximate surface area is 276 Å². The Morgan fingerprint density at radius 2 is 1.48 bits per heavy atom. The topological polar surface area (TPSA) is 253 Å². The van der Waals surface area contributed by atoms with Crippen molar-refractivity contribution >= 4 is 35.5 Å². The van der Waals surface area contributed by atoms with Crippen LogP contribution in [0.3, 0.4) is 0 Å². The number of nitrogens with one attached hydrogen (secondary N) is 3. The van der Waals surface area contributed by atoms with E-state index < -0.39 is 36.0 Å². The molecule has 1 unspecified atom stereocenters. The minimum atomic E-state index is -5.08. The van der Waals surface area contributed by atoms with Gasteiger partial charge in [0.1, 0.15) is 17.9 Å². The molecule has 262 valence electrons. The molecule has 0 aliphatic heterocycles. The highest BCUT2D eigenvalue weighted by atomic mass is 19.4. The molecule has 2 aromatic rings. The molecule has 0 heterocycles. The van der Waals surface area contributed by atoms with E-state index >= 15 is 0 Å². The van der Waals surface area contributed by atoms with Gasteiger partial charge < -0.3 is 38.7 Å². The number of amides is 3. The number of benzene rings is 2. The van der Waals surface area contributed by atoms with Gasteiger partial charge in [0.05, 0.1) is 0 Å². The molecule has 16 heteroatoms. The first kappa shape index (κ1) is 39.0. The second-order valence-corrected chi connectivity index (χ2v) is 11.4. The van der Waals surface area contributed by atoms with Crippen LogP contribution in [0.4, 0.5) is 13.2 Å². The van der Waals surface area contributed by atoms with Crippen molar-refractivity contribution < 1.29 is 37.5 Å². The van der Waals surface area contributed by atoms with Crippen molar-refractivity contribution in [2.24, 2.45) is 39.8 Å². The number of carboxylic acids is 1. The van der Waals surface area contributed by atoms with Crippen LogP contribution < -0.4 is 33.6 Å². The van der Waals surface area contributed by atoms with Gasteiger partial charge >= 0.3 is 12.1 Å². The number of carbonyl (C=O) groups is 4. The van der Waals surface area contributed by atoms with Gasteiger partial charge in [-0.25, -0.2) is 4.79 Å². The van der Waals surface area contributed by atoms with Crippen LogP contribution in [0.25, 0.3) is 0 Å². The molecule has 3 amide bonds. The number of aliphatic carboxylic acids is 1. The average Bonchev–Trinajstić information content (AvgIpc) is 3.04. The van der Waals surface area contributed by atoms with Crippen molar-refractivity contribution in [1.29, 1.82) is 5.41 Å². The summed E-state index contributed by atoms with van der Waals surface area (Å²) >= 11 is 0. The number of carbonyl (C=O) groups excluding carboxylic acids is 3. The normalized spacial score (nSPS) is 15.0. The lowest BCUT2D eigenvalue weighted by atomic mass is 9.76. The number of rotatable bonds is 14. The summed E-state index contributed by atoms with van der Waals surface area (Å²) in [5.74, 6) is -4.45. The molecule has 3 rings (SSSR count). The molecule has 0 radical (unpaired) electrons. The maximum Gasteiger partial charge on any atom is 0.490 e. The van der Waals surface area contributed by atoms with E-state index in [0.717, 1.165) is 37.7 Å². The van der Waals surface area contributed by atoms with Crippen molar-refractivity contribution in [3.8, 4) is 0 Å². The lowest BCUT2D eigenvalue weighted by Gasteiger charge is -2.31. The fourth-order valence-corrected chi connectivity index (χ4v) is 5.32. The summed E-state index contributed by atoms with van der Waals surface area (Å²) in [7, 11) is 0. The number of guanidine groups is 1. The third-order valence-corrected chi connectivity index (χ3v) is 7.81. The van der Waals surface area contributed by atoms with Crippen LogP contribution in [0.2, 0.25) is 0 Å². The van der Waals surface area contributed by atoms with E-state index in [1.807, 2.05) is 18.2 Å². The maximum atomic E-state index is 13.9. The maximum absolute atomic E-state index is 13.9. The first-order valence-corrected chi connectivity index (χ1v) is 15.3. The van der Waals surface area contributed by atoms with E-state index in [4.69, 9.17) is 38.2 Å². The summed E-state index contributed by atoms with van der Waals surface area (Å²) < 4.78 is 31.7. The van der Waals surface area contributed by atoms with Gasteiger partial charge in [-0.15, -0.1) is 0 Å². The fraction of sp³-hybridized carbons (Fsp3) is 0.438. The molecule has 13 nitrogen and oxygen atoms in total. The summed E-state index contributed by atoms with van der Waals surface area (Å²) in [6, 6.07) is 14.3. The third kappa shape index (κ3) is 13.3. The molecule has 1 aliphatic rings. The Balaban J connectivity index is 0.00000103. The van der Waals surface area contributed by atoms with Gasteiger partial charge in [-0.3, -0.25) is 24.8 Å². The molecule has 0 bridgehead atoms. The summed E-state index contributed by atoms with van der Waals surface area (Å²) in [5.41, 5.74) is 24.1. The molecule has 48 heavy (non-hydrogen) atoms. The zero-order valence-corrected chi connectivity index (χ0v) is 26.3. The Hall–Kier alpha value is -5.15. The van der Waals surface area contributed by atoms with E-state index in [0.29, 0.717) is 24.0 Å². The molecule has 0 spiro atoms. The zero-order chi connectivity index (χ0) is 35.9. The number of amidine groups is 1. The number of aliphatic imine (C=N–C) groups is 1. The molecular weight excluding hydrogens is 633 g/mol. The van der Waals surface area contributed by atoms with E-state index in [1.165, 1.54) is 0 Å². The third-order valence-electron chi connectivity index (χ3n) is 7.81. The van der Waals surface area contributed by atoms with Crippen molar-refractivity contribution in [3.63, 3.8) is 0 Å². The van der Waals surface area contributed by atoms with E-state index in [2.05, 4.69) is 15.6 Å². The number of alkyl halides is 3. The van der Waals surface area contributed by atoms with Crippen molar-refractivity contribution in [3.05, 3.63) is 71.3 Å². The van der Waals surface area contributed by atoms with Crippen molar-refractivity contribution in [2.45, 2.75) is 69.6 Å². The highest BCUT2D eigenvalue weighted by Gasteiger charge is 2.38. The molecule has 3 atom stereocenters. The average molecular weight is 677 g/mol. The second-order valence-electron chi connectivity index (χ2n) is 11.4. The molecule has 12 N–H and O–H groups in total. The van der Waals surface area contributed by atoms with Crippen molar-refractivity contribution in [2.75, 3.05) is 6.54 Å². The number of primary amides is 1. The largest absolute Gasteiger partial charge is 0.490 e. The number of hydrogen-bond acceptors (Lipinski definition) is 6. The van der Waals surface area contributed by atoms with E-state index in [-0.39, 0.29) is 42.5 Å². The summed E-state index contributed by atoms with van der Waals surface area (Å²) in [6.07, 6.45) is 1.21. The summed E-state index contributed by atoms with van der Waals surface area (Å²) in [4.78, 5) is 52.4. The zero-order valence-electron chi connectivity index (χ0n) is 26.3. The molecular formula is C32H43F3N8O5. The highest BCUT2D eigenvalue weighted by molar-refractivity contribution is 5.95. The summed E-state index contributed by atoms with van der Waals surface area (Å²) in [5, 5.41) is 20.5. The number of halogens is 3. The number of carboxylic acid groups (broad SMARTS) is 1.